The molecule has 2 aromatic carbocycles. The molecule has 2 amide bonds. The summed E-state index contributed by atoms with van der Waals surface area (Å²) < 4.78 is 2.90. The zero-order valence-corrected chi connectivity index (χ0v) is 23.6. The van der Waals surface area contributed by atoms with Crippen LogP contribution >= 0.6 is 50.9 Å². The molecule has 7 nitrogen and oxygen atoms in total. The monoisotopic (exact) mass is 597 g/mol. The van der Waals surface area contributed by atoms with Crippen molar-refractivity contribution in [1.82, 2.24) is 20.1 Å². The third kappa shape index (κ3) is 7.00. The van der Waals surface area contributed by atoms with Crippen LogP contribution in [0.25, 0.3) is 0 Å². The summed E-state index contributed by atoms with van der Waals surface area (Å²) in [6, 6.07) is 10.0. The van der Waals surface area contributed by atoms with Crippen molar-refractivity contribution < 1.29 is 9.59 Å². The van der Waals surface area contributed by atoms with Crippen molar-refractivity contribution in [1.29, 1.82) is 0 Å². The average molecular weight is 599 g/mol. The molecular weight excluding hydrogens is 573 g/mol. The first-order valence-electron chi connectivity index (χ1n) is 11.0. The summed E-state index contributed by atoms with van der Waals surface area (Å²) in [5, 5.41) is 15.9. The molecule has 35 heavy (non-hydrogen) atoms. The second-order valence-corrected chi connectivity index (χ2v) is 10.8. The zero-order valence-electron chi connectivity index (χ0n) is 19.7. The number of halogens is 3. The van der Waals surface area contributed by atoms with Crippen molar-refractivity contribution in [2.75, 3.05) is 11.1 Å². The van der Waals surface area contributed by atoms with Crippen LogP contribution in [0, 0.1) is 12.8 Å². The van der Waals surface area contributed by atoms with Crippen LogP contribution in [-0.4, -0.2) is 32.3 Å². The first kappa shape index (κ1) is 27.5. The zero-order chi connectivity index (χ0) is 25.7. The van der Waals surface area contributed by atoms with Gasteiger partial charge in [0.2, 0.25) is 5.91 Å². The highest BCUT2D eigenvalue weighted by Crippen LogP contribution is 2.27. The Kier molecular flexibility index (Phi) is 9.63. The Labute approximate surface area is 227 Å². The molecule has 2 N–H and O–H groups in total. The van der Waals surface area contributed by atoms with Crippen LogP contribution in [-0.2, 0) is 11.3 Å². The molecule has 1 aromatic heterocycles. The van der Waals surface area contributed by atoms with Gasteiger partial charge in [-0.2, -0.15) is 0 Å². The highest BCUT2D eigenvalue weighted by atomic mass is 79.9. The number of hydrogen-bond donors (Lipinski definition) is 2. The SMILES string of the molecule is CCn1c(SCC(=O)Nc2ccc(Br)c(C)c2)nnc1[C@H](NC(=O)c1ccc(Cl)c(Cl)c1)C(C)C. The first-order chi connectivity index (χ1) is 16.6. The van der Waals surface area contributed by atoms with Gasteiger partial charge in [0.15, 0.2) is 11.0 Å². The summed E-state index contributed by atoms with van der Waals surface area (Å²) >= 11 is 16.8. The van der Waals surface area contributed by atoms with Crippen LogP contribution in [0.1, 0.15) is 48.6 Å². The highest BCUT2D eigenvalue weighted by Gasteiger charge is 2.26. The van der Waals surface area contributed by atoms with Crippen LogP contribution in [0.3, 0.4) is 0 Å². The van der Waals surface area contributed by atoms with Crippen molar-refractivity contribution in [2.45, 2.75) is 45.4 Å². The number of hydrogen-bond acceptors (Lipinski definition) is 5. The number of anilines is 1. The predicted molar refractivity (Wildman–Crippen MR) is 145 cm³/mol. The van der Waals surface area contributed by atoms with Gasteiger partial charge in [-0.15, -0.1) is 10.2 Å². The van der Waals surface area contributed by atoms with Crippen LogP contribution in [0.4, 0.5) is 5.69 Å². The third-order valence-corrected chi connectivity index (χ3v) is 7.84. The molecule has 0 aliphatic heterocycles. The van der Waals surface area contributed by atoms with Crippen LogP contribution in [0.2, 0.25) is 10.0 Å². The molecule has 11 heteroatoms. The van der Waals surface area contributed by atoms with Crippen molar-refractivity contribution in [3.8, 4) is 0 Å². The number of thioether (sulfide) groups is 1. The molecule has 0 unspecified atom stereocenters. The number of benzene rings is 2. The fourth-order valence-electron chi connectivity index (χ4n) is 3.38. The highest BCUT2D eigenvalue weighted by molar-refractivity contribution is 9.10. The fraction of sp³-hybridized carbons (Fsp3) is 0.333. The number of nitrogens with zero attached hydrogens (tertiary/aromatic N) is 3. The van der Waals surface area contributed by atoms with Crippen molar-refractivity contribution in [3.05, 3.63) is 67.9 Å². The smallest absolute Gasteiger partial charge is 0.251 e. The lowest BCUT2D eigenvalue weighted by Gasteiger charge is -2.22. The number of carbonyl (C=O) groups is 2. The van der Waals surface area contributed by atoms with Gasteiger partial charge in [0, 0.05) is 22.3 Å². The number of aryl methyl sites for hydroxylation is 1. The molecule has 3 aromatic rings. The molecule has 0 saturated heterocycles. The number of aromatic nitrogens is 3. The number of carbonyl (C=O) groups excluding carboxylic acids is 2. The number of amides is 2. The Bertz CT molecular complexity index is 1230. The minimum atomic E-state index is -0.390. The fourth-order valence-corrected chi connectivity index (χ4v) is 4.73. The van der Waals surface area contributed by atoms with Gasteiger partial charge in [0.25, 0.3) is 5.91 Å². The largest absolute Gasteiger partial charge is 0.342 e. The molecule has 1 heterocycles. The molecule has 1 atom stereocenters. The van der Waals surface area contributed by atoms with E-state index in [0.717, 1.165) is 15.7 Å². The maximum Gasteiger partial charge on any atom is 0.251 e. The molecule has 0 spiro atoms. The lowest BCUT2D eigenvalue weighted by Crippen LogP contribution is -2.33. The summed E-state index contributed by atoms with van der Waals surface area (Å²) in [7, 11) is 0. The molecule has 0 saturated carbocycles. The predicted octanol–water partition coefficient (Wildman–Crippen LogP) is 6.53. The van der Waals surface area contributed by atoms with Gasteiger partial charge >= 0.3 is 0 Å². The second-order valence-electron chi connectivity index (χ2n) is 8.21. The Morgan fingerprint density at radius 1 is 1.11 bits per heavy atom. The van der Waals surface area contributed by atoms with Gasteiger partial charge < -0.3 is 15.2 Å². The molecule has 3 rings (SSSR count). The molecule has 0 aliphatic carbocycles. The summed E-state index contributed by atoms with van der Waals surface area (Å²) in [4.78, 5) is 25.4. The molecule has 186 valence electrons. The molecule has 0 fully saturated rings. The van der Waals surface area contributed by atoms with E-state index in [2.05, 4.69) is 36.8 Å². The van der Waals surface area contributed by atoms with E-state index >= 15 is 0 Å². The Hall–Kier alpha value is -2.07. The average Bonchev–Trinajstić information content (AvgIpc) is 3.22. The molecular formula is C24H26BrCl2N5O2S. The second kappa shape index (κ2) is 12.3. The van der Waals surface area contributed by atoms with Crippen molar-refractivity contribution in [2.24, 2.45) is 5.92 Å². The van der Waals surface area contributed by atoms with Gasteiger partial charge in [-0.3, -0.25) is 9.59 Å². The summed E-state index contributed by atoms with van der Waals surface area (Å²) in [5.41, 5.74) is 2.18. The summed E-state index contributed by atoms with van der Waals surface area (Å²) in [6.45, 7) is 8.51. The lowest BCUT2D eigenvalue weighted by molar-refractivity contribution is -0.113. The molecule has 0 radical (unpaired) electrons. The van der Waals surface area contributed by atoms with E-state index in [9.17, 15) is 9.59 Å². The van der Waals surface area contributed by atoms with E-state index in [4.69, 9.17) is 23.2 Å². The Morgan fingerprint density at radius 2 is 1.86 bits per heavy atom. The molecule has 0 aliphatic rings. The van der Waals surface area contributed by atoms with Gasteiger partial charge in [-0.05, 0) is 61.7 Å². The maximum absolute atomic E-state index is 12.9. The Balaban J connectivity index is 1.72. The molecule has 0 bridgehead atoms. The van der Waals surface area contributed by atoms with Crippen LogP contribution in [0.5, 0.6) is 0 Å². The van der Waals surface area contributed by atoms with E-state index in [0.29, 0.717) is 33.1 Å². The minimum absolute atomic E-state index is 0.0398. The van der Waals surface area contributed by atoms with Crippen molar-refractivity contribution >= 4 is 68.4 Å². The topological polar surface area (TPSA) is 88.9 Å². The van der Waals surface area contributed by atoms with Gasteiger partial charge in [0.1, 0.15) is 0 Å². The van der Waals surface area contributed by atoms with Gasteiger partial charge in [-0.25, -0.2) is 0 Å². The standard InChI is InChI=1S/C24H26BrCl2N5O2S/c1-5-32-22(21(13(2)3)29-23(34)15-6-9-18(26)19(27)11-15)30-31-24(32)35-12-20(33)28-16-7-8-17(25)14(4)10-16/h6-11,13,21H,5,12H2,1-4H3,(H,28,33)(H,29,34)/t21-/m1/s1. The lowest BCUT2D eigenvalue weighted by atomic mass is 10.0. The minimum Gasteiger partial charge on any atom is -0.342 e. The normalized spacial score (nSPS) is 12.0. The quantitative estimate of drug-likeness (QED) is 0.273. The van der Waals surface area contributed by atoms with E-state index in [1.165, 1.54) is 17.8 Å². The summed E-state index contributed by atoms with van der Waals surface area (Å²) in [6.07, 6.45) is 0. The van der Waals surface area contributed by atoms with Gasteiger partial charge in [-0.1, -0.05) is 64.7 Å². The number of nitrogens with one attached hydrogen (secondary N) is 2. The van der Waals surface area contributed by atoms with Crippen LogP contribution in [0.15, 0.2) is 46.0 Å². The third-order valence-electron chi connectivity index (χ3n) is 5.25. The Morgan fingerprint density at radius 3 is 2.49 bits per heavy atom. The van der Waals surface area contributed by atoms with E-state index in [1.807, 2.05) is 50.5 Å². The van der Waals surface area contributed by atoms with Crippen LogP contribution < -0.4 is 10.6 Å². The number of rotatable bonds is 9. The van der Waals surface area contributed by atoms with Gasteiger partial charge in [0.05, 0.1) is 21.8 Å². The maximum atomic E-state index is 12.9. The van der Waals surface area contributed by atoms with E-state index in [1.54, 1.807) is 12.1 Å². The first-order valence-corrected chi connectivity index (χ1v) is 13.5. The van der Waals surface area contributed by atoms with E-state index in [-0.39, 0.29) is 23.5 Å². The van der Waals surface area contributed by atoms with E-state index < -0.39 is 6.04 Å². The van der Waals surface area contributed by atoms with Crippen molar-refractivity contribution in [3.63, 3.8) is 0 Å². The summed E-state index contributed by atoms with van der Waals surface area (Å²) in [5.74, 6) is 0.416.